The van der Waals surface area contributed by atoms with Crippen molar-refractivity contribution in [2.45, 2.75) is 51.0 Å². The number of nitrogens with zero attached hydrogens (tertiary/aromatic N) is 1. The Hall–Kier alpha value is -2.24. The van der Waals surface area contributed by atoms with Crippen molar-refractivity contribution in [3.05, 3.63) is 24.3 Å². The fraction of sp³-hybridized carbons (Fsp3) is 0.600. The molecular weight excluding hydrogens is 330 g/mol. The molecule has 1 atom stereocenters. The number of methoxy groups -OCH3 is 1. The Kier molecular flexibility index (Phi) is 6.36. The van der Waals surface area contributed by atoms with Crippen molar-refractivity contribution in [2.24, 2.45) is 5.92 Å². The molecule has 1 saturated heterocycles. The maximum Gasteiger partial charge on any atom is 0.321 e. The van der Waals surface area contributed by atoms with Gasteiger partial charge in [0.15, 0.2) is 0 Å². The standard InChI is InChI=1S/C20H29N3O3/c1-26-18-11-9-17(10-12-18)22-20(25)23-13-5-6-15(14-23)19(24)21-16-7-3-2-4-8-16/h9-12,15-16H,2-8,13-14H2,1H3,(H,21,24)(H,22,25). The Bertz CT molecular complexity index is 611. The molecule has 0 bridgehead atoms. The highest BCUT2D eigenvalue weighted by molar-refractivity contribution is 5.90. The van der Waals surface area contributed by atoms with Crippen LogP contribution in [0.1, 0.15) is 44.9 Å². The highest BCUT2D eigenvalue weighted by Crippen LogP contribution is 2.22. The van der Waals surface area contributed by atoms with Gasteiger partial charge in [-0.05, 0) is 49.9 Å². The summed E-state index contributed by atoms with van der Waals surface area (Å²) in [7, 11) is 1.61. The second-order valence-electron chi connectivity index (χ2n) is 7.29. The van der Waals surface area contributed by atoms with Crippen LogP contribution in [-0.4, -0.2) is 43.1 Å². The van der Waals surface area contributed by atoms with E-state index in [-0.39, 0.29) is 17.9 Å². The average molecular weight is 359 g/mol. The topological polar surface area (TPSA) is 70.7 Å². The fourth-order valence-electron chi connectivity index (χ4n) is 3.82. The van der Waals surface area contributed by atoms with Crippen LogP contribution in [-0.2, 0) is 4.79 Å². The van der Waals surface area contributed by atoms with Crippen molar-refractivity contribution in [3.8, 4) is 5.75 Å². The van der Waals surface area contributed by atoms with E-state index in [1.807, 2.05) is 24.3 Å². The molecule has 2 fully saturated rings. The minimum atomic E-state index is -0.148. The molecule has 1 saturated carbocycles. The third-order valence-corrected chi connectivity index (χ3v) is 5.37. The second-order valence-corrected chi connectivity index (χ2v) is 7.29. The summed E-state index contributed by atoms with van der Waals surface area (Å²) in [6.45, 7) is 1.18. The first-order chi connectivity index (χ1) is 12.7. The van der Waals surface area contributed by atoms with E-state index in [9.17, 15) is 9.59 Å². The summed E-state index contributed by atoms with van der Waals surface area (Å²) in [6.07, 6.45) is 7.55. The number of piperidine rings is 1. The minimum Gasteiger partial charge on any atom is -0.497 e. The lowest BCUT2D eigenvalue weighted by Crippen LogP contribution is -2.48. The zero-order chi connectivity index (χ0) is 18.4. The molecule has 1 aliphatic heterocycles. The number of carbonyl (C=O) groups excluding carboxylic acids is 2. The summed E-state index contributed by atoms with van der Waals surface area (Å²) >= 11 is 0. The second kappa shape index (κ2) is 8.92. The van der Waals surface area contributed by atoms with Gasteiger partial charge in [-0.15, -0.1) is 0 Å². The molecule has 0 radical (unpaired) electrons. The van der Waals surface area contributed by atoms with Crippen LogP contribution >= 0.6 is 0 Å². The normalized spacial score (nSPS) is 21.1. The maximum absolute atomic E-state index is 12.6. The Morgan fingerprint density at radius 1 is 1.04 bits per heavy atom. The van der Waals surface area contributed by atoms with E-state index in [1.165, 1.54) is 19.3 Å². The van der Waals surface area contributed by atoms with Gasteiger partial charge in [0, 0.05) is 24.8 Å². The molecule has 1 unspecified atom stereocenters. The summed E-state index contributed by atoms with van der Waals surface area (Å²) in [5.41, 5.74) is 0.726. The lowest BCUT2D eigenvalue weighted by atomic mass is 9.93. The van der Waals surface area contributed by atoms with E-state index in [0.717, 1.165) is 37.1 Å². The van der Waals surface area contributed by atoms with Crippen molar-refractivity contribution in [1.82, 2.24) is 10.2 Å². The van der Waals surface area contributed by atoms with Crippen molar-refractivity contribution < 1.29 is 14.3 Å². The minimum absolute atomic E-state index is 0.104. The third-order valence-electron chi connectivity index (χ3n) is 5.37. The highest BCUT2D eigenvalue weighted by atomic mass is 16.5. The molecule has 1 aliphatic carbocycles. The van der Waals surface area contributed by atoms with Gasteiger partial charge in [0.2, 0.25) is 5.91 Å². The van der Waals surface area contributed by atoms with E-state index in [1.54, 1.807) is 12.0 Å². The molecule has 1 heterocycles. The molecule has 2 aliphatic rings. The van der Waals surface area contributed by atoms with Gasteiger partial charge < -0.3 is 20.3 Å². The number of ether oxygens (including phenoxy) is 1. The van der Waals surface area contributed by atoms with Crippen molar-refractivity contribution in [2.75, 3.05) is 25.5 Å². The predicted molar refractivity (Wildman–Crippen MR) is 101 cm³/mol. The lowest BCUT2D eigenvalue weighted by molar-refractivity contribution is -0.127. The number of urea groups is 1. The van der Waals surface area contributed by atoms with E-state index in [2.05, 4.69) is 10.6 Å². The molecule has 26 heavy (non-hydrogen) atoms. The van der Waals surface area contributed by atoms with Gasteiger partial charge in [0.25, 0.3) is 0 Å². The average Bonchev–Trinajstić information content (AvgIpc) is 2.69. The fourth-order valence-corrected chi connectivity index (χ4v) is 3.82. The van der Waals surface area contributed by atoms with E-state index < -0.39 is 0 Å². The number of carbonyl (C=O) groups is 2. The van der Waals surface area contributed by atoms with Gasteiger partial charge >= 0.3 is 6.03 Å². The summed E-state index contributed by atoms with van der Waals surface area (Å²) in [5, 5.41) is 6.10. The lowest BCUT2D eigenvalue weighted by Gasteiger charge is -2.33. The smallest absolute Gasteiger partial charge is 0.321 e. The van der Waals surface area contributed by atoms with Crippen molar-refractivity contribution >= 4 is 17.6 Å². The van der Waals surface area contributed by atoms with Crippen LogP contribution in [0.2, 0.25) is 0 Å². The Morgan fingerprint density at radius 2 is 1.77 bits per heavy atom. The van der Waals surface area contributed by atoms with Crippen LogP contribution in [0.3, 0.4) is 0 Å². The van der Waals surface area contributed by atoms with E-state index >= 15 is 0 Å². The van der Waals surface area contributed by atoms with Crippen LogP contribution in [0, 0.1) is 5.92 Å². The Labute approximate surface area is 155 Å². The first-order valence-corrected chi connectivity index (χ1v) is 9.66. The largest absolute Gasteiger partial charge is 0.497 e. The first-order valence-electron chi connectivity index (χ1n) is 9.66. The summed E-state index contributed by atoms with van der Waals surface area (Å²) in [5.74, 6) is 0.756. The quantitative estimate of drug-likeness (QED) is 0.866. The molecule has 1 aromatic rings. The summed E-state index contributed by atoms with van der Waals surface area (Å²) < 4.78 is 5.13. The SMILES string of the molecule is COc1ccc(NC(=O)N2CCCC(C(=O)NC3CCCCC3)C2)cc1. The number of hydrogen-bond donors (Lipinski definition) is 2. The number of likely N-dealkylation sites (tertiary alicyclic amines) is 1. The van der Waals surface area contributed by atoms with Gasteiger partial charge in [0.1, 0.15) is 5.75 Å². The molecule has 0 spiro atoms. The van der Waals surface area contributed by atoms with Crippen molar-refractivity contribution in [1.29, 1.82) is 0 Å². The van der Waals surface area contributed by atoms with E-state index in [4.69, 9.17) is 4.74 Å². The molecule has 2 N–H and O–H groups in total. The molecule has 1 aromatic carbocycles. The maximum atomic E-state index is 12.6. The number of amides is 3. The molecule has 3 amide bonds. The zero-order valence-corrected chi connectivity index (χ0v) is 15.5. The highest BCUT2D eigenvalue weighted by Gasteiger charge is 2.29. The summed E-state index contributed by atoms with van der Waals surface area (Å²) in [4.78, 5) is 26.9. The third kappa shape index (κ3) is 4.90. The number of anilines is 1. The molecule has 6 nitrogen and oxygen atoms in total. The molecule has 142 valence electrons. The number of nitrogens with one attached hydrogen (secondary N) is 2. The Balaban J connectivity index is 1.51. The monoisotopic (exact) mass is 359 g/mol. The summed E-state index contributed by atoms with van der Waals surface area (Å²) in [6, 6.07) is 7.42. The van der Waals surface area contributed by atoms with Gasteiger partial charge in [-0.25, -0.2) is 4.79 Å². The van der Waals surface area contributed by atoms with Crippen molar-refractivity contribution in [3.63, 3.8) is 0 Å². The van der Waals surface area contributed by atoms with Gasteiger partial charge in [-0.3, -0.25) is 4.79 Å². The van der Waals surface area contributed by atoms with Crippen LogP contribution in [0.5, 0.6) is 5.75 Å². The number of hydrogen-bond acceptors (Lipinski definition) is 3. The van der Waals surface area contributed by atoms with Gasteiger partial charge in [0.05, 0.1) is 13.0 Å². The molecular formula is C20H29N3O3. The van der Waals surface area contributed by atoms with Crippen LogP contribution in [0.15, 0.2) is 24.3 Å². The van der Waals surface area contributed by atoms with Crippen LogP contribution < -0.4 is 15.4 Å². The van der Waals surface area contributed by atoms with Gasteiger partial charge in [-0.2, -0.15) is 0 Å². The molecule has 3 rings (SSSR count). The number of benzene rings is 1. The predicted octanol–water partition coefficient (Wildman–Crippen LogP) is 3.39. The first kappa shape index (κ1) is 18.5. The molecule has 6 heteroatoms. The van der Waals surface area contributed by atoms with Crippen LogP contribution in [0.25, 0.3) is 0 Å². The van der Waals surface area contributed by atoms with Crippen LogP contribution in [0.4, 0.5) is 10.5 Å². The van der Waals surface area contributed by atoms with Gasteiger partial charge in [-0.1, -0.05) is 19.3 Å². The Morgan fingerprint density at radius 3 is 2.46 bits per heavy atom. The zero-order valence-electron chi connectivity index (χ0n) is 15.5. The number of rotatable bonds is 4. The molecule has 0 aromatic heterocycles. The van der Waals surface area contributed by atoms with E-state index in [0.29, 0.717) is 19.1 Å².